The fourth-order valence-corrected chi connectivity index (χ4v) is 1.73. The van der Waals surface area contributed by atoms with E-state index in [1.807, 2.05) is 0 Å². The number of carbonyl (C=O) groups is 1. The summed E-state index contributed by atoms with van der Waals surface area (Å²) in [6.45, 7) is 0. The highest BCUT2D eigenvalue weighted by Gasteiger charge is 2.12. The van der Waals surface area contributed by atoms with Crippen LogP contribution in [0.15, 0.2) is 44.2 Å². The van der Waals surface area contributed by atoms with Crippen molar-refractivity contribution in [2.45, 2.75) is 0 Å². The van der Waals surface area contributed by atoms with Gasteiger partial charge in [0, 0.05) is 16.8 Å². The van der Waals surface area contributed by atoms with Gasteiger partial charge in [0.25, 0.3) is 0 Å². The van der Waals surface area contributed by atoms with Gasteiger partial charge in [-0.2, -0.15) is 0 Å². The van der Waals surface area contributed by atoms with Gasteiger partial charge in [0.2, 0.25) is 0 Å². The molecule has 0 radical (unpaired) electrons. The fraction of sp³-hybridized carbons (Fsp3) is 0. The third-order valence-corrected chi connectivity index (χ3v) is 2.54. The molecule has 5 nitrogen and oxygen atoms in total. The Morgan fingerprint density at radius 3 is 2.71 bits per heavy atom. The Bertz CT molecular complexity index is 793. The number of aromatic carboxylic acids is 1. The lowest BCUT2D eigenvalue weighted by molar-refractivity contribution is 0.0692. The van der Waals surface area contributed by atoms with Gasteiger partial charge in [0.1, 0.15) is 16.7 Å². The number of rotatable bonds is 1. The predicted molar refractivity (Wildman–Crippen MR) is 59.2 cm³/mol. The van der Waals surface area contributed by atoms with E-state index < -0.39 is 11.6 Å². The van der Waals surface area contributed by atoms with Crippen LogP contribution in [0.2, 0.25) is 0 Å². The van der Waals surface area contributed by atoms with Crippen LogP contribution in [0.25, 0.3) is 21.9 Å². The molecule has 0 atom stereocenters. The second kappa shape index (κ2) is 3.21. The van der Waals surface area contributed by atoms with Crippen molar-refractivity contribution in [2.75, 3.05) is 0 Å². The van der Waals surface area contributed by atoms with Crippen molar-refractivity contribution in [3.63, 3.8) is 0 Å². The largest absolute Gasteiger partial charge is 0.477 e. The minimum Gasteiger partial charge on any atom is -0.477 e. The monoisotopic (exact) mass is 230 g/mol. The van der Waals surface area contributed by atoms with Gasteiger partial charge in [0.05, 0.1) is 6.26 Å². The van der Waals surface area contributed by atoms with Gasteiger partial charge in [-0.15, -0.1) is 0 Å². The number of carboxylic acid groups (broad SMARTS) is 1. The molecule has 0 aliphatic rings. The Hall–Kier alpha value is -2.56. The van der Waals surface area contributed by atoms with Gasteiger partial charge < -0.3 is 13.9 Å². The van der Waals surface area contributed by atoms with Crippen molar-refractivity contribution in [1.82, 2.24) is 0 Å². The van der Waals surface area contributed by atoms with Gasteiger partial charge >= 0.3 is 11.6 Å². The van der Waals surface area contributed by atoms with Crippen molar-refractivity contribution < 1.29 is 18.7 Å². The number of hydrogen-bond donors (Lipinski definition) is 1. The number of carboxylic acids is 1. The molecule has 0 spiro atoms. The Morgan fingerprint density at radius 1 is 1.12 bits per heavy atom. The molecule has 5 heteroatoms. The van der Waals surface area contributed by atoms with E-state index in [0.717, 1.165) is 5.39 Å². The maximum absolute atomic E-state index is 11.4. The molecule has 0 amide bonds. The van der Waals surface area contributed by atoms with E-state index in [0.29, 0.717) is 16.6 Å². The molecule has 1 N–H and O–H groups in total. The molecular weight excluding hydrogens is 224 g/mol. The van der Waals surface area contributed by atoms with E-state index in [-0.39, 0.29) is 5.56 Å². The molecule has 3 aromatic rings. The van der Waals surface area contributed by atoms with E-state index in [1.54, 1.807) is 18.2 Å². The van der Waals surface area contributed by atoms with Gasteiger partial charge in [-0.3, -0.25) is 0 Å². The zero-order valence-electron chi connectivity index (χ0n) is 8.47. The van der Waals surface area contributed by atoms with Crippen molar-refractivity contribution in [1.29, 1.82) is 0 Å². The molecule has 0 aliphatic heterocycles. The third kappa shape index (κ3) is 1.40. The molecule has 1 aromatic carbocycles. The maximum atomic E-state index is 11.4. The molecule has 0 bridgehead atoms. The maximum Gasteiger partial charge on any atom is 0.351 e. The molecule has 2 aromatic heterocycles. The minimum absolute atomic E-state index is 0.308. The Kier molecular flexibility index (Phi) is 1.82. The van der Waals surface area contributed by atoms with Crippen molar-refractivity contribution in [2.24, 2.45) is 0 Å². The van der Waals surface area contributed by atoms with Crippen molar-refractivity contribution >= 4 is 27.9 Å². The van der Waals surface area contributed by atoms with E-state index in [2.05, 4.69) is 0 Å². The summed E-state index contributed by atoms with van der Waals surface area (Å²) in [5.74, 6) is -1.30. The van der Waals surface area contributed by atoms with Crippen LogP contribution in [0.5, 0.6) is 0 Å². The zero-order valence-corrected chi connectivity index (χ0v) is 8.47. The van der Waals surface area contributed by atoms with Crippen LogP contribution in [0.3, 0.4) is 0 Å². The van der Waals surface area contributed by atoms with Gasteiger partial charge in [-0.1, -0.05) is 0 Å². The molecule has 0 saturated carbocycles. The summed E-state index contributed by atoms with van der Waals surface area (Å²) in [7, 11) is 0. The number of benzene rings is 1. The van der Waals surface area contributed by atoms with Gasteiger partial charge in [-0.05, 0) is 18.2 Å². The lowest BCUT2D eigenvalue weighted by Gasteiger charge is -1.98. The van der Waals surface area contributed by atoms with Crippen LogP contribution >= 0.6 is 0 Å². The number of fused-ring (bicyclic) bond motifs is 2. The first-order chi connectivity index (χ1) is 8.15. The predicted octanol–water partition coefficient (Wildman–Crippen LogP) is 2.24. The molecule has 0 saturated heterocycles. The normalized spacial score (nSPS) is 11.1. The summed E-state index contributed by atoms with van der Waals surface area (Å²) in [4.78, 5) is 22.2. The first kappa shape index (κ1) is 9.65. The second-order valence-electron chi connectivity index (χ2n) is 3.60. The van der Waals surface area contributed by atoms with E-state index in [9.17, 15) is 9.59 Å². The van der Waals surface area contributed by atoms with Gasteiger partial charge in [-0.25, -0.2) is 9.59 Å². The van der Waals surface area contributed by atoms with E-state index in [4.69, 9.17) is 13.9 Å². The molecule has 17 heavy (non-hydrogen) atoms. The Balaban J connectivity index is 2.45. The summed E-state index contributed by atoms with van der Waals surface area (Å²) in [5.41, 5.74) is -0.345. The third-order valence-electron chi connectivity index (χ3n) is 2.54. The molecular formula is C12H6O5. The van der Waals surface area contributed by atoms with Crippen LogP contribution in [-0.4, -0.2) is 11.1 Å². The molecule has 3 rings (SSSR count). The first-order valence-electron chi connectivity index (χ1n) is 4.83. The highest BCUT2D eigenvalue weighted by atomic mass is 16.4. The van der Waals surface area contributed by atoms with Crippen molar-refractivity contribution in [3.05, 3.63) is 46.5 Å². The zero-order chi connectivity index (χ0) is 12.0. The average molecular weight is 230 g/mol. The molecule has 0 unspecified atom stereocenters. The van der Waals surface area contributed by atoms with Crippen LogP contribution in [0.1, 0.15) is 10.4 Å². The van der Waals surface area contributed by atoms with Crippen LogP contribution < -0.4 is 5.63 Å². The SMILES string of the molecule is O=C(O)c1cc2cc3ccoc3cc2oc1=O. The number of furan rings is 1. The lowest BCUT2D eigenvalue weighted by Crippen LogP contribution is -2.12. The smallest absolute Gasteiger partial charge is 0.351 e. The fourth-order valence-electron chi connectivity index (χ4n) is 1.73. The summed E-state index contributed by atoms with van der Waals surface area (Å²) in [5, 5.41) is 10.2. The number of hydrogen-bond acceptors (Lipinski definition) is 4. The Labute approximate surface area is 93.9 Å². The van der Waals surface area contributed by atoms with E-state index >= 15 is 0 Å². The van der Waals surface area contributed by atoms with Crippen LogP contribution in [0.4, 0.5) is 0 Å². The van der Waals surface area contributed by atoms with E-state index in [1.165, 1.54) is 12.3 Å². The summed E-state index contributed by atoms with van der Waals surface area (Å²) >= 11 is 0. The molecule has 2 heterocycles. The quantitative estimate of drug-likeness (QED) is 0.648. The topological polar surface area (TPSA) is 80.7 Å². The van der Waals surface area contributed by atoms with Crippen molar-refractivity contribution in [3.8, 4) is 0 Å². The summed E-state index contributed by atoms with van der Waals surface area (Å²) < 4.78 is 10.1. The highest BCUT2D eigenvalue weighted by molar-refractivity contribution is 5.96. The summed E-state index contributed by atoms with van der Waals surface area (Å²) in [6, 6.07) is 6.33. The summed E-state index contributed by atoms with van der Waals surface area (Å²) in [6.07, 6.45) is 1.51. The molecule has 0 aliphatic carbocycles. The molecule has 84 valence electrons. The standard InChI is InChI=1S/C12H6O5/c13-11(14)8-4-7-3-6-1-2-16-9(6)5-10(7)17-12(8)15/h1-5H,(H,13,14). The molecule has 0 fully saturated rings. The average Bonchev–Trinajstić information content (AvgIpc) is 2.71. The lowest BCUT2D eigenvalue weighted by atomic mass is 10.1. The van der Waals surface area contributed by atoms with Crippen LogP contribution in [-0.2, 0) is 0 Å². The first-order valence-corrected chi connectivity index (χ1v) is 4.83. The van der Waals surface area contributed by atoms with Gasteiger partial charge in [0.15, 0.2) is 0 Å². The second-order valence-corrected chi connectivity index (χ2v) is 3.60. The van der Waals surface area contributed by atoms with Crippen LogP contribution in [0, 0.1) is 0 Å². The highest BCUT2D eigenvalue weighted by Crippen LogP contribution is 2.23. The Morgan fingerprint density at radius 2 is 1.94 bits per heavy atom. The minimum atomic E-state index is -1.30.